The van der Waals surface area contributed by atoms with Gasteiger partial charge < -0.3 is 5.73 Å². The van der Waals surface area contributed by atoms with Crippen LogP contribution in [0.4, 0.5) is 5.82 Å². The van der Waals surface area contributed by atoms with Crippen molar-refractivity contribution in [2.24, 2.45) is 0 Å². The number of rotatable bonds is 4. The van der Waals surface area contributed by atoms with E-state index in [1.54, 1.807) is 23.5 Å². The van der Waals surface area contributed by atoms with Crippen molar-refractivity contribution < 1.29 is 0 Å². The average molecular weight is 327 g/mol. The molecule has 1 heterocycles. The predicted molar refractivity (Wildman–Crippen MR) is 96.5 cm³/mol. The van der Waals surface area contributed by atoms with Gasteiger partial charge in [0.15, 0.2) is 5.16 Å². The largest absolute Gasteiger partial charge is 0.383 e. The van der Waals surface area contributed by atoms with Crippen LogP contribution >= 0.6 is 23.5 Å². The van der Waals surface area contributed by atoms with Gasteiger partial charge in [0.05, 0.1) is 0 Å². The van der Waals surface area contributed by atoms with E-state index < -0.39 is 0 Å². The molecular weight excluding hydrogens is 310 g/mol. The maximum absolute atomic E-state index is 5.96. The second-order valence-corrected chi connectivity index (χ2v) is 6.73. The van der Waals surface area contributed by atoms with Gasteiger partial charge in [-0.15, -0.1) is 11.8 Å². The van der Waals surface area contributed by atoms with Crippen molar-refractivity contribution in [3.63, 3.8) is 0 Å². The number of nitrogens with two attached hydrogens (primary N) is 1. The average Bonchev–Trinajstić information content (AvgIpc) is 2.55. The summed E-state index contributed by atoms with van der Waals surface area (Å²) in [5.74, 6) is 1.40. The molecule has 0 bridgehead atoms. The summed E-state index contributed by atoms with van der Waals surface area (Å²) in [4.78, 5) is 8.94. The van der Waals surface area contributed by atoms with Crippen molar-refractivity contribution in [1.82, 2.24) is 9.97 Å². The molecule has 0 saturated carbocycles. The van der Waals surface area contributed by atoms with Crippen molar-refractivity contribution in [3.8, 4) is 0 Å². The van der Waals surface area contributed by atoms with Crippen LogP contribution in [0.25, 0.3) is 10.8 Å². The first-order valence-corrected chi connectivity index (χ1v) is 9.17. The van der Waals surface area contributed by atoms with Gasteiger partial charge in [-0.2, -0.15) is 0 Å². The molecule has 5 heteroatoms. The number of hydrogen-bond donors (Lipinski definition) is 1. The lowest BCUT2D eigenvalue weighted by Gasteiger charge is -2.08. The number of thioether (sulfide) groups is 2. The molecule has 2 aromatic carbocycles. The third kappa shape index (κ3) is 3.20. The van der Waals surface area contributed by atoms with Crippen LogP contribution in [0.3, 0.4) is 0 Å². The second kappa shape index (κ2) is 6.58. The molecule has 0 aliphatic rings. The summed E-state index contributed by atoms with van der Waals surface area (Å²) < 4.78 is 0. The Morgan fingerprint density at radius 1 is 1.05 bits per heavy atom. The lowest BCUT2D eigenvalue weighted by atomic mass is 10.1. The fourth-order valence-corrected chi connectivity index (χ4v) is 3.67. The Bertz CT molecular complexity index is 818. The summed E-state index contributed by atoms with van der Waals surface area (Å²) in [6.07, 6.45) is 2.01. The van der Waals surface area contributed by atoms with E-state index in [-0.39, 0.29) is 0 Å². The number of anilines is 1. The Morgan fingerprint density at radius 2 is 1.82 bits per heavy atom. The lowest BCUT2D eigenvalue weighted by molar-refractivity contribution is 0.879. The Kier molecular flexibility index (Phi) is 4.55. The standard InChI is InChI=1S/C17H17N3S2/c1-11-15(18)19-17(20-16(11)21-2)22-10-12-7-8-13-5-3-4-6-14(13)9-12/h3-9H,10H2,1-2H3,(H2,18,19,20). The molecule has 0 aliphatic heterocycles. The number of nitrogen functional groups attached to an aromatic ring is 1. The number of aromatic nitrogens is 2. The summed E-state index contributed by atoms with van der Waals surface area (Å²) in [5.41, 5.74) is 8.18. The van der Waals surface area contributed by atoms with Crippen molar-refractivity contribution in [2.75, 3.05) is 12.0 Å². The highest BCUT2D eigenvalue weighted by atomic mass is 32.2. The molecule has 2 N–H and O–H groups in total. The van der Waals surface area contributed by atoms with Gasteiger partial charge in [0, 0.05) is 11.3 Å². The number of nitrogens with zero attached hydrogens (tertiary/aromatic N) is 2. The molecule has 0 amide bonds. The highest BCUT2D eigenvalue weighted by Crippen LogP contribution is 2.27. The Morgan fingerprint density at radius 3 is 2.59 bits per heavy atom. The summed E-state index contributed by atoms with van der Waals surface area (Å²) >= 11 is 3.22. The number of hydrogen-bond acceptors (Lipinski definition) is 5. The third-order valence-corrected chi connectivity index (χ3v) is 5.20. The van der Waals surface area contributed by atoms with Gasteiger partial charge in [-0.3, -0.25) is 0 Å². The van der Waals surface area contributed by atoms with Crippen LogP contribution in [-0.4, -0.2) is 16.2 Å². The van der Waals surface area contributed by atoms with Crippen LogP contribution in [0.15, 0.2) is 52.6 Å². The molecule has 3 nitrogen and oxygen atoms in total. The van der Waals surface area contributed by atoms with Crippen LogP contribution in [0.2, 0.25) is 0 Å². The maximum atomic E-state index is 5.96. The van der Waals surface area contributed by atoms with Gasteiger partial charge in [-0.1, -0.05) is 54.2 Å². The summed E-state index contributed by atoms with van der Waals surface area (Å²) in [6, 6.07) is 14.9. The zero-order chi connectivity index (χ0) is 15.5. The molecule has 0 unspecified atom stereocenters. The van der Waals surface area contributed by atoms with E-state index >= 15 is 0 Å². The molecule has 0 aliphatic carbocycles. The normalized spacial score (nSPS) is 11.0. The zero-order valence-electron chi connectivity index (χ0n) is 12.5. The highest BCUT2D eigenvalue weighted by molar-refractivity contribution is 7.99. The van der Waals surface area contributed by atoms with Crippen LogP contribution < -0.4 is 5.73 Å². The topological polar surface area (TPSA) is 51.8 Å². The lowest BCUT2D eigenvalue weighted by Crippen LogP contribution is -2.00. The van der Waals surface area contributed by atoms with Gasteiger partial charge in [0.1, 0.15) is 10.8 Å². The van der Waals surface area contributed by atoms with E-state index in [9.17, 15) is 0 Å². The zero-order valence-corrected chi connectivity index (χ0v) is 14.2. The van der Waals surface area contributed by atoms with Gasteiger partial charge >= 0.3 is 0 Å². The van der Waals surface area contributed by atoms with Crippen molar-refractivity contribution in [2.45, 2.75) is 22.9 Å². The smallest absolute Gasteiger partial charge is 0.190 e. The van der Waals surface area contributed by atoms with E-state index in [1.165, 1.54) is 16.3 Å². The first-order valence-electron chi connectivity index (χ1n) is 6.96. The Labute approximate surface area is 138 Å². The molecule has 3 aromatic rings. The molecule has 3 rings (SSSR count). The fraction of sp³-hybridized carbons (Fsp3) is 0.176. The van der Waals surface area contributed by atoms with E-state index in [2.05, 4.69) is 52.4 Å². The minimum Gasteiger partial charge on any atom is -0.383 e. The minimum atomic E-state index is 0.570. The number of benzene rings is 2. The molecule has 0 atom stereocenters. The molecule has 1 aromatic heterocycles. The molecule has 22 heavy (non-hydrogen) atoms. The molecule has 0 saturated heterocycles. The third-order valence-electron chi connectivity index (χ3n) is 3.49. The van der Waals surface area contributed by atoms with Gasteiger partial charge in [0.2, 0.25) is 0 Å². The second-order valence-electron chi connectivity index (χ2n) is 5.00. The first kappa shape index (κ1) is 15.2. The summed E-state index contributed by atoms with van der Waals surface area (Å²) in [6.45, 7) is 1.96. The van der Waals surface area contributed by atoms with Crippen molar-refractivity contribution >= 4 is 40.1 Å². The monoisotopic (exact) mass is 327 g/mol. The summed E-state index contributed by atoms with van der Waals surface area (Å²) in [7, 11) is 0. The van der Waals surface area contributed by atoms with Crippen LogP contribution in [-0.2, 0) is 5.75 Å². The fourth-order valence-electron chi connectivity index (χ4n) is 2.23. The van der Waals surface area contributed by atoms with E-state index in [0.29, 0.717) is 5.82 Å². The SMILES string of the molecule is CSc1nc(SCc2ccc3ccccc3c2)nc(N)c1C. The molecule has 112 valence electrons. The Balaban J connectivity index is 1.80. The van der Waals surface area contributed by atoms with Gasteiger partial charge in [-0.25, -0.2) is 9.97 Å². The Hall–Kier alpha value is -1.72. The predicted octanol–water partition coefficient (Wildman–Crippen LogP) is 4.53. The van der Waals surface area contributed by atoms with Crippen LogP contribution in [0, 0.1) is 6.92 Å². The molecule has 0 fully saturated rings. The van der Waals surface area contributed by atoms with E-state index in [4.69, 9.17) is 5.73 Å². The maximum Gasteiger partial charge on any atom is 0.190 e. The first-order chi connectivity index (χ1) is 10.7. The van der Waals surface area contributed by atoms with Gasteiger partial charge in [-0.05, 0) is 29.5 Å². The molecule has 0 spiro atoms. The minimum absolute atomic E-state index is 0.570. The van der Waals surface area contributed by atoms with Crippen LogP contribution in [0.1, 0.15) is 11.1 Å². The van der Waals surface area contributed by atoms with E-state index in [0.717, 1.165) is 21.5 Å². The quantitative estimate of drug-likeness (QED) is 0.433. The van der Waals surface area contributed by atoms with Crippen molar-refractivity contribution in [1.29, 1.82) is 0 Å². The van der Waals surface area contributed by atoms with Crippen LogP contribution in [0.5, 0.6) is 0 Å². The molecule has 0 radical (unpaired) electrons. The van der Waals surface area contributed by atoms with Gasteiger partial charge in [0.25, 0.3) is 0 Å². The van der Waals surface area contributed by atoms with E-state index in [1.807, 2.05) is 13.2 Å². The number of fused-ring (bicyclic) bond motifs is 1. The molecular formula is C17H17N3S2. The summed E-state index contributed by atoms with van der Waals surface area (Å²) in [5, 5.41) is 4.21. The highest BCUT2D eigenvalue weighted by Gasteiger charge is 2.08. The van der Waals surface area contributed by atoms with Crippen molar-refractivity contribution in [3.05, 3.63) is 53.6 Å².